The van der Waals surface area contributed by atoms with E-state index in [0.29, 0.717) is 6.10 Å². The van der Waals surface area contributed by atoms with Gasteiger partial charge in [-0.15, -0.1) is 0 Å². The van der Waals surface area contributed by atoms with E-state index >= 15 is 0 Å². The summed E-state index contributed by atoms with van der Waals surface area (Å²) >= 11 is 0. The Balaban J connectivity index is 1.70. The van der Waals surface area contributed by atoms with Crippen molar-refractivity contribution in [3.05, 3.63) is 29.3 Å². The van der Waals surface area contributed by atoms with Gasteiger partial charge in [-0.05, 0) is 54.9 Å². The first-order valence-corrected chi connectivity index (χ1v) is 8.25. The van der Waals surface area contributed by atoms with Crippen LogP contribution in [0.1, 0.15) is 56.2 Å². The summed E-state index contributed by atoms with van der Waals surface area (Å²) in [6, 6.07) is 6.22. The van der Waals surface area contributed by atoms with Gasteiger partial charge in [-0.1, -0.05) is 25.8 Å². The summed E-state index contributed by atoms with van der Waals surface area (Å²) in [5.74, 6) is 1.67. The van der Waals surface area contributed by atoms with Gasteiger partial charge in [-0.3, -0.25) is 0 Å². The van der Waals surface area contributed by atoms with Gasteiger partial charge in [0, 0.05) is 0 Å². The lowest BCUT2D eigenvalue weighted by Gasteiger charge is -2.36. The summed E-state index contributed by atoms with van der Waals surface area (Å²) in [5.41, 5.74) is 9.04. The molecule has 1 saturated carbocycles. The Bertz CT molecular complexity index is 488. The molecule has 3 rings (SSSR count). The predicted molar refractivity (Wildman–Crippen MR) is 84.5 cm³/mol. The van der Waals surface area contributed by atoms with Crippen molar-refractivity contribution in [2.24, 2.45) is 11.7 Å². The van der Waals surface area contributed by atoms with Crippen LogP contribution in [0, 0.1) is 5.92 Å². The zero-order valence-electron chi connectivity index (χ0n) is 13.2. The minimum absolute atomic E-state index is 0.0268. The molecule has 4 atom stereocenters. The molecule has 3 heteroatoms. The van der Waals surface area contributed by atoms with Gasteiger partial charge in [0.05, 0.1) is 25.4 Å². The van der Waals surface area contributed by atoms with E-state index in [1.165, 1.54) is 36.8 Å². The van der Waals surface area contributed by atoms with Gasteiger partial charge < -0.3 is 15.2 Å². The summed E-state index contributed by atoms with van der Waals surface area (Å²) < 4.78 is 11.7. The van der Waals surface area contributed by atoms with E-state index in [4.69, 9.17) is 15.2 Å². The van der Waals surface area contributed by atoms with E-state index < -0.39 is 0 Å². The van der Waals surface area contributed by atoms with E-state index in [-0.39, 0.29) is 12.1 Å². The van der Waals surface area contributed by atoms with Crippen molar-refractivity contribution < 1.29 is 9.47 Å². The fourth-order valence-electron chi connectivity index (χ4n) is 3.82. The number of nitrogens with two attached hydrogens (primary N) is 1. The lowest BCUT2D eigenvalue weighted by atomic mass is 9.84. The second-order valence-electron chi connectivity index (χ2n) is 6.70. The number of fused-ring (bicyclic) bond motifs is 1. The lowest BCUT2D eigenvalue weighted by Crippen LogP contribution is -2.37. The summed E-state index contributed by atoms with van der Waals surface area (Å²) in [5, 5.41) is 0. The number of hydrogen-bond donors (Lipinski definition) is 1. The highest BCUT2D eigenvalue weighted by Crippen LogP contribution is 2.35. The maximum Gasteiger partial charge on any atom is 0.119 e. The molecule has 3 nitrogen and oxygen atoms in total. The number of ether oxygens (including phenoxy) is 2. The Morgan fingerprint density at radius 3 is 2.81 bits per heavy atom. The Morgan fingerprint density at radius 1 is 1.19 bits per heavy atom. The molecule has 0 bridgehead atoms. The van der Waals surface area contributed by atoms with Gasteiger partial charge in [0.1, 0.15) is 5.75 Å². The second kappa shape index (κ2) is 6.37. The molecule has 1 aromatic carbocycles. The molecule has 0 spiro atoms. The van der Waals surface area contributed by atoms with E-state index in [9.17, 15) is 0 Å². The summed E-state index contributed by atoms with van der Waals surface area (Å²) in [7, 11) is 1.70. The highest BCUT2D eigenvalue weighted by atomic mass is 16.5. The van der Waals surface area contributed by atoms with Crippen LogP contribution in [0.4, 0.5) is 0 Å². The van der Waals surface area contributed by atoms with Crippen LogP contribution in [0.5, 0.6) is 5.75 Å². The Kier molecular flexibility index (Phi) is 4.51. The van der Waals surface area contributed by atoms with Crippen LogP contribution in [0.15, 0.2) is 18.2 Å². The summed E-state index contributed by atoms with van der Waals surface area (Å²) in [6.07, 6.45) is 7.66. The van der Waals surface area contributed by atoms with Crippen LogP contribution in [0.25, 0.3) is 0 Å². The highest BCUT2D eigenvalue weighted by molar-refractivity contribution is 5.39. The third-order valence-corrected chi connectivity index (χ3v) is 5.07. The smallest absolute Gasteiger partial charge is 0.119 e. The molecule has 1 fully saturated rings. The van der Waals surface area contributed by atoms with Gasteiger partial charge in [-0.2, -0.15) is 0 Å². The Morgan fingerprint density at radius 2 is 2.05 bits per heavy atom. The maximum absolute atomic E-state index is 6.49. The Hall–Kier alpha value is -1.06. The number of rotatable bonds is 3. The number of methoxy groups -OCH3 is 1. The first kappa shape index (κ1) is 14.9. The molecule has 0 amide bonds. The molecule has 0 aliphatic heterocycles. The molecule has 0 aromatic heterocycles. The van der Waals surface area contributed by atoms with E-state index in [2.05, 4.69) is 19.1 Å². The molecule has 4 unspecified atom stereocenters. The van der Waals surface area contributed by atoms with Crippen molar-refractivity contribution in [1.82, 2.24) is 0 Å². The molecular weight excluding hydrogens is 262 g/mol. The molecule has 0 heterocycles. The minimum atomic E-state index is -0.0268. The molecule has 0 saturated heterocycles. The van der Waals surface area contributed by atoms with Crippen LogP contribution in [0.3, 0.4) is 0 Å². The molecule has 21 heavy (non-hydrogen) atoms. The largest absolute Gasteiger partial charge is 0.497 e. The van der Waals surface area contributed by atoms with Crippen LogP contribution < -0.4 is 10.5 Å². The normalized spacial score (nSPS) is 32.5. The van der Waals surface area contributed by atoms with Crippen LogP contribution in [-0.2, 0) is 11.2 Å². The fourth-order valence-corrected chi connectivity index (χ4v) is 3.82. The molecule has 1 aromatic rings. The van der Waals surface area contributed by atoms with E-state index in [1.54, 1.807) is 7.11 Å². The summed E-state index contributed by atoms with van der Waals surface area (Å²) in [6.45, 7) is 2.33. The number of aryl methyl sites for hydroxylation is 1. The first-order chi connectivity index (χ1) is 10.2. The van der Waals surface area contributed by atoms with Crippen LogP contribution in [0.2, 0.25) is 0 Å². The first-order valence-electron chi connectivity index (χ1n) is 8.25. The van der Waals surface area contributed by atoms with Crippen LogP contribution >= 0.6 is 0 Å². The van der Waals surface area contributed by atoms with Crippen molar-refractivity contribution in [3.8, 4) is 5.75 Å². The molecule has 2 N–H and O–H groups in total. The molecular formula is C18H27NO2. The monoisotopic (exact) mass is 289 g/mol. The standard InChI is InChI=1S/C18H27NO2/c1-12-4-3-5-15(10-12)21-17-9-7-13-6-8-14(20-2)11-16(13)18(17)19/h6,8,11-12,15,17-18H,3-5,7,9-10,19H2,1-2H3. The van der Waals surface area contributed by atoms with E-state index in [1.807, 2.05) is 6.07 Å². The zero-order valence-corrected chi connectivity index (χ0v) is 13.2. The topological polar surface area (TPSA) is 44.5 Å². The quantitative estimate of drug-likeness (QED) is 0.924. The third-order valence-electron chi connectivity index (χ3n) is 5.07. The number of benzene rings is 1. The van der Waals surface area contributed by atoms with Gasteiger partial charge in [0.15, 0.2) is 0 Å². The minimum Gasteiger partial charge on any atom is -0.497 e. The fraction of sp³-hybridized carbons (Fsp3) is 0.667. The van der Waals surface area contributed by atoms with Gasteiger partial charge in [0.25, 0.3) is 0 Å². The third kappa shape index (κ3) is 3.24. The SMILES string of the molecule is COc1ccc2c(c1)C(N)C(OC1CCCC(C)C1)CC2. The van der Waals surface area contributed by atoms with Crippen molar-refractivity contribution in [3.63, 3.8) is 0 Å². The van der Waals surface area contributed by atoms with Crippen LogP contribution in [-0.4, -0.2) is 19.3 Å². The lowest BCUT2D eigenvalue weighted by molar-refractivity contribution is -0.0557. The van der Waals surface area contributed by atoms with Gasteiger partial charge >= 0.3 is 0 Å². The van der Waals surface area contributed by atoms with Gasteiger partial charge in [0.2, 0.25) is 0 Å². The zero-order chi connectivity index (χ0) is 14.8. The molecule has 2 aliphatic carbocycles. The number of hydrogen-bond acceptors (Lipinski definition) is 3. The molecule has 116 valence electrons. The average molecular weight is 289 g/mol. The molecule has 0 radical (unpaired) electrons. The van der Waals surface area contributed by atoms with Crippen molar-refractivity contribution in [2.75, 3.05) is 7.11 Å². The van der Waals surface area contributed by atoms with Crippen molar-refractivity contribution in [2.45, 2.75) is 63.7 Å². The highest BCUT2D eigenvalue weighted by Gasteiger charge is 2.31. The Labute approximate surface area is 127 Å². The maximum atomic E-state index is 6.49. The second-order valence-corrected chi connectivity index (χ2v) is 6.70. The van der Waals surface area contributed by atoms with E-state index in [0.717, 1.165) is 24.5 Å². The summed E-state index contributed by atoms with van der Waals surface area (Å²) in [4.78, 5) is 0. The van der Waals surface area contributed by atoms with Crippen molar-refractivity contribution >= 4 is 0 Å². The van der Waals surface area contributed by atoms with Gasteiger partial charge in [-0.25, -0.2) is 0 Å². The predicted octanol–water partition coefficient (Wildman–Crippen LogP) is 3.61. The average Bonchev–Trinajstić information content (AvgIpc) is 2.50. The molecule has 2 aliphatic rings. The van der Waals surface area contributed by atoms with Crippen molar-refractivity contribution in [1.29, 1.82) is 0 Å².